The number of sulfonamides is 1. The predicted octanol–water partition coefficient (Wildman–Crippen LogP) is 0.979. The maximum absolute atomic E-state index is 11.8. The number of benzene rings is 1. The van der Waals surface area contributed by atoms with E-state index in [0.717, 1.165) is 0 Å². The molecular weight excluding hydrogens is 264 g/mol. The molecule has 0 aliphatic heterocycles. The summed E-state index contributed by atoms with van der Waals surface area (Å²) in [5, 5.41) is 0. The first-order chi connectivity index (χ1) is 8.76. The SMILES string of the molecule is C#CC(C)(C)NS(=O)(=O)CCOc1ccccc1N. The summed E-state index contributed by atoms with van der Waals surface area (Å²) in [6.07, 6.45) is 5.23. The maximum Gasteiger partial charge on any atom is 0.216 e. The summed E-state index contributed by atoms with van der Waals surface area (Å²) in [4.78, 5) is 0. The quantitative estimate of drug-likeness (QED) is 0.602. The minimum atomic E-state index is -3.49. The summed E-state index contributed by atoms with van der Waals surface area (Å²) in [7, 11) is -3.49. The lowest BCUT2D eigenvalue weighted by Crippen LogP contribution is -2.43. The van der Waals surface area contributed by atoms with Crippen LogP contribution < -0.4 is 15.2 Å². The minimum absolute atomic E-state index is 0.00416. The molecule has 0 radical (unpaired) electrons. The lowest BCUT2D eigenvalue weighted by Gasteiger charge is -2.19. The number of hydrogen-bond acceptors (Lipinski definition) is 4. The molecule has 0 aliphatic carbocycles. The number of anilines is 1. The van der Waals surface area contributed by atoms with Crippen LogP contribution in [0.15, 0.2) is 24.3 Å². The number of nitrogen functional groups attached to an aromatic ring is 1. The molecule has 0 unspecified atom stereocenters. The molecule has 1 aromatic rings. The van der Waals surface area contributed by atoms with E-state index in [-0.39, 0.29) is 12.4 Å². The molecular formula is C13H18N2O3S. The van der Waals surface area contributed by atoms with Crippen LogP contribution in [0.25, 0.3) is 0 Å². The highest BCUT2D eigenvalue weighted by atomic mass is 32.2. The van der Waals surface area contributed by atoms with Gasteiger partial charge in [-0.3, -0.25) is 0 Å². The summed E-state index contributed by atoms with van der Waals surface area (Å²) in [5.74, 6) is 2.64. The van der Waals surface area contributed by atoms with Gasteiger partial charge in [-0.05, 0) is 26.0 Å². The largest absolute Gasteiger partial charge is 0.490 e. The van der Waals surface area contributed by atoms with Crippen molar-refractivity contribution in [3.8, 4) is 18.1 Å². The molecule has 0 fully saturated rings. The van der Waals surface area contributed by atoms with Gasteiger partial charge in [-0.1, -0.05) is 18.1 Å². The number of ether oxygens (including phenoxy) is 1. The molecule has 0 saturated heterocycles. The topological polar surface area (TPSA) is 81.4 Å². The third kappa shape index (κ3) is 5.20. The first-order valence-electron chi connectivity index (χ1n) is 5.72. The number of nitrogens with two attached hydrogens (primary N) is 1. The van der Waals surface area contributed by atoms with Crippen LogP contribution in [0.1, 0.15) is 13.8 Å². The number of hydrogen-bond donors (Lipinski definition) is 2. The van der Waals surface area contributed by atoms with Gasteiger partial charge in [0, 0.05) is 0 Å². The molecule has 1 rings (SSSR count). The van der Waals surface area contributed by atoms with Crippen LogP contribution in [0, 0.1) is 12.3 Å². The molecule has 0 aromatic heterocycles. The Kier molecular flexibility index (Phi) is 4.81. The van der Waals surface area contributed by atoms with Crippen LogP contribution >= 0.6 is 0 Å². The zero-order valence-corrected chi connectivity index (χ0v) is 11.8. The number of nitrogens with one attached hydrogen (secondary N) is 1. The van der Waals surface area contributed by atoms with Crippen LogP contribution in [0.5, 0.6) is 5.75 Å². The normalized spacial score (nSPS) is 11.8. The van der Waals surface area contributed by atoms with Gasteiger partial charge in [0.05, 0.1) is 17.0 Å². The Bertz CT molecular complexity index is 574. The predicted molar refractivity (Wildman–Crippen MR) is 76.2 cm³/mol. The van der Waals surface area contributed by atoms with Crippen molar-refractivity contribution in [3.63, 3.8) is 0 Å². The fourth-order valence-corrected chi connectivity index (χ4v) is 2.58. The first kappa shape index (κ1) is 15.3. The summed E-state index contributed by atoms with van der Waals surface area (Å²) in [6, 6.07) is 6.90. The zero-order chi connectivity index (χ0) is 14.5. The molecule has 0 saturated carbocycles. The van der Waals surface area contributed by atoms with Crippen molar-refractivity contribution < 1.29 is 13.2 Å². The monoisotopic (exact) mass is 282 g/mol. The van der Waals surface area contributed by atoms with E-state index in [2.05, 4.69) is 10.6 Å². The number of para-hydroxylation sites is 2. The van der Waals surface area contributed by atoms with E-state index < -0.39 is 15.6 Å². The Balaban J connectivity index is 2.54. The average Bonchev–Trinajstić information content (AvgIpc) is 2.30. The van der Waals surface area contributed by atoms with Gasteiger partial charge in [-0.15, -0.1) is 6.42 Å². The number of rotatable bonds is 6. The molecule has 0 amide bonds. The van der Waals surface area contributed by atoms with Gasteiger partial charge in [-0.25, -0.2) is 8.42 Å². The van der Waals surface area contributed by atoms with E-state index in [1.54, 1.807) is 38.1 Å². The highest BCUT2D eigenvalue weighted by Crippen LogP contribution is 2.19. The number of terminal acetylenes is 1. The van der Waals surface area contributed by atoms with Crippen LogP contribution in [0.2, 0.25) is 0 Å². The van der Waals surface area contributed by atoms with Gasteiger partial charge >= 0.3 is 0 Å². The molecule has 0 bridgehead atoms. The lowest BCUT2D eigenvalue weighted by molar-refractivity contribution is 0.341. The van der Waals surface area contributed by atoms with Gasteiger partial charge in [0.1, 0.15) is 12.4 Å². The first-order valence-corrected chi connectivity index (χ1v) is 7.38. The average molecular weight is 282 g/mol. The second kappa shape index (κ2) is 5.95. The van der Waals surface area contributed by atoms with Crippen LogP contribution in [0.3, 0.4) is 0 Å². The van der Waals surface area contributed by atoms with Crippen LogP contribution in [-0.2, 0) is 10.0 Å². The van der Waals surface area contributed by atoms with Crippen molar-refractivity contribution in [2.24, 2.45) is 0 Å². The van der Waals surface area contributed by atoms with Gasteiger partial charge in [0.2, 0.25) is 10.0 Å². The molecule has 104 valence electrons. The van der Waals surface area contributed by atoms with E-state index in [9.17, 15) is 8.42 Å². The van der Waals surface area contributed by atoms with Gasteiger partial charge in [0.15, 0.2) is 0 Å². The van der Waals surface area contributed by atoms with E-state index in [1.165, 1.54) is 0 Å². The lowest BCUT2D eigenvalue weighted by atomic mass is 10.1. The van der Waals surface area contributed by atoms with E-state index in [1.807, 2.05) is 0 Å². The van der Waals surface area contributed by atoms with Crippen molar-refractivity contribution in [2.45, 2.75) is 19.4 Å². The fraction of sp³-hybridized carbons (Fsp3) is 0.385. The maximum atomic E-state index is 11.8. The van der Waals surface area contributed by atoms with E-state index in [0.29, 0.717) is 11.4 Å². The van der Waals surface area contributed by atoms with Crippen molar-refractivity contribution in [2.75, 3.05) is 18.1 Å². The van der Waals surface area contributed by atoms with Gasteiger partial charge in [-0.2, -0.15) is 4.72 Å². The van der Waals surface area contributed by atoms with Gasteiger partial charge < -0.3 is 10.5 Å². The highest BCUT2D eigenvalue weighted by Gasteiger charge is 2.22. The zero-order valence-electron chi connectivity index (χ0n) is 11.0. The molecule has 0 spiro atoms. The Labute approximate surface area is 114 Å². The Hall–Kier alpha value is -1.71. The fourth-order valence-electron chi connectivity index (χ4n) is 1.34. The van der Waals surface area contributed by atoms with Crippen molar-refractivity contribution in [1.82, 2.24) is 4.72 Å². The molecule has 0 aliphatic rings. The summed E-state index contributed by atoms with van der Waals surface area (Å²) in [6.45, 7) is 3.23. The summed E-state index contributed by atoms with van der Waals surface area (Å²) in [5.41, 5.74) is 5.23. The third-order valence-corrected chi connectivity index (χ3v) is 3.83. The third-order valence-electron chi connectivity index (χ3n) is 2.30. The van der Waals surface area contributed by atoms with Crippen molar-refractivity contribution >= 4 is 15.7 Å². The van der Waals surface area contributed by atoms with E-state index in [4.69, 9.17) is 16.9 Å². The van der Waals surface area contributed by atoms with Gasteiger partial charge in [0.25, 0.3) is 0 Å². The molecule has 19 heavy (non-hydrogen) atoms. The van der Waals surface area contributed by atoms with Crippen molar-refractivity contribution in [3.05, 3.63) is 24.3 Å². The minimum Gasteiger partial charge on any atom is -0.490 e. The standard InChI is InChI=1S/C13H18N2O3S/c1-4-13(2,3)15-19(16,17)10-9-18-12-8-6-5-7-11(12)14/h1,5-8,15H,9-10,14H2,2-3H3. The Morgan fingerprint density at radius 3 is 2.63 bits per heavy atom. The molecule has 3 N–H and O–H groups in total. The molecule has 0 heterocycles. The van der Waals surface area contributed by atoms with Crippen molar-refractivity contribution in [1.29, 1.82) is 0 Å². The highest BCUT2D eigenvalue weighted by molar-refractivity contribution is 7.89. The molecule has 1 aromatic carbocycles. The smallest absolute Gasteiger partial charge is 0.216 e. The summed E-state index contributed by atoms with van der Waals surface area (Å²) < 4.78 is 31.3. The second-order valence-electron chi connectivity index (χ2n) is 4.58. The molecule has 0 atom stereocenters. The Morgan fingerprint density at radius 2 is 2.05 bits per heavy atom. The van der Waals surface area contributed by atoms with Crippen LogP contribution in [0.4, 0.5) is 5.69 Å². The Morgan fingerprint density at radius 1 is 1.42 bits per heavy atom. The second-order valence-corrected chi connectivity index (χ2v) is 6.42. The molecule has 6 heteroatoms. The van der Waals surface area contributed by atoms with Crippen LogP contribution in [-0.4, -0.2) is 26.3 Å². The van der Waals surface area contributed by atoms with E-state index >= 15 is 0 Å². The summed E-state index contributed by atoms with van der Waals surface area (Å²) >= 11 is 0. The molecule has 5 nitrogen and oxygen atoms in total.